The highest BCUT2D eigenvalue weighted by Gasteiger charge is 2.17. The fourth-order valence-electron chi connectivity index (χ4n) is 2.82. The summed E-state index contributed by atoms with van der Waals surface area (Å²) in [6.45, 7) is 2.21. The smallest absolute Gasteiger partial charge is 0.157 e. The Labute approximate surface area is 117 Å². The number of nitrogens with zero attached hydrogens (tertiary/aromatic N) is 4. The first kappa shape index (κ1) is 11.5. The van der Waals surface area contributed by atoms with Crippen LogP contribution in [-0.2, 0) is 0 Å². The van der Waals surface area contributed by atoms with Crippen LogP contribution >= 0.6 is 0 Å². The number of aromatic nitrogens is 3. The minimum atomic E-state index is 0.910. The van der Waals surface area contributed by atoms with Crippen molar-refractivity contribution in [1.82, 2.24) is 14.6 Å². The molecule has 4 heteroatoms. The minimum Gasteiger partial charge on any atom is -0.356 e. The van der Waals surface area contributed by atoms with E-state index >= 15 is 0 Å². The lowest BCUT2D eigenvalue weighted by molar-refractivity contribution is 0.852. The summed E-state index contributed by atoms with van der Waals surface area (Å²) in [6.07, 6.45) is 4.33. The van der Waals surface area contributed by atoms with Gasteiger partial charge in [0.25, 0.3) is 0 Å². The van der Waals surface area contributed by atoms with Crippen LogP contribution in [0.3, 0.4) is 0 Å². The van der Waals surface area contributed by atoms with E-state index in [4.69, 9.17) is 4.98 Å². The summed E-state index contributed by atoms with van der Waals surface area (Å²) in [5.41, 5.74) is 3.07. The first-order valence-electron chi connectivity index (χ1n) is 7.07. The van der Waals surface area contributed by atoms with E-state index in [1.54, 1.807) is 0 Å². The molecule has 0 unspecified atom stereocenters. The van der Waals surface area contributed by atoms with Gasteiger partial charge in [-0.25, -0.2) is 4.98 Å². The summed E-state index contributed by atoms with van der Waals surface area (Å²) < 4.78 is 1.94. The first-order valence-corrected chi connectivity index (χ1v) is 7.07. The molecule has 1 aliphatic rings. The molecular formula is C16H16N4. The van der Waals surface area contributed by atoms with Crippen molar-refractivity contribution < 1.29 is 0 Å². The molecule has 0 atom stereocenters. The Bertz CT molecular complexity index is 727. The topological polar surface area (TPSA) is 33.4 Å². The predicted molar refractivity (Wildman–Crippen MR) is 79.9 cm³/mol. The van der Waals surface area contributed by atoms with E-state index in [0.29, 0.717) is 0 Å². The van der Waals surface area contributed by atoms with Crippen LogP contribution in [0.15, 0.2) is 48.7 Å². The van der Waals surface area contributed by atoms with Gasteiger partial charge in [-0.3, -0.25) is 0 Å². The molecule has 0 saturated carbocycles. The third kappa shape index (κ3) is 1.84. The molecule has 2 aromatic heterocycles. The Morgan fingerprint density at radius 2 is 1.75 bits per heavy atom. The maximum atomic E-state index is 4.71. The van der Waals surface area contributed by atoms with Crippen LogP contribution < -0.4 is 4.90 Å². The molecular weight excluding hydrogens is 248 g/mol. The van der Waals surface area contributed by atoms with Crippen molar-refractivity contribution in [1.29, 1.82) is 0 Å². The number of anilines is 1. The molecule has 1 saturated heterocycles. The Morgan fingerprint density at radius 3 is 2.55 bits per heavy atom. The number of benzene rings is 1. The lowest BCUT2D eigenvalue weighted by atomic mass is 10.1. The minimum absolute atomic E-state index is 0.910. The lowest BCUT2D eigenvalue weighted by Gasteiger charge is -2.19. The quantitative estimate of drug-likeness (QED) is 0.713. The molecule has 0 spiro atoms. The Balaban J connectivity index is 1.90. The zero-order valence-electron chi connectivity index (χ0n) is 11.2. The average molecular weight is 264 g/mol. The normalized spacial score (nSPS) is 15.1. The fourth-order valence-corrected chi connectivity index (χ4v) is 2.82. The largest absolute Gasteiger partial charge is 0.356 e. The molecule has 1 aromatic carbocycles. The van der Waals surface area contributed by atoms with E-state index in [2.05, 4.69) is 28.2 Å². The fraction of sp³-hybridized carbons (Fsp3) is 0.250. The molecule has 0 N–H and O–H groups in total. The summed E-state index contributed by atoms with van der Waals surface area (Å²) in [7, 11) is 0. The van der Waals surface area contributed by atoms with Crippen LogP contribution in [0.25, 0.3) is 16.9 Å². The molecule has 3 aromatic rings. The summed E-state index contributed by atoms with van der Waals surface area (Å²) in [4.78, 5) is 7.11. The third-order valence-electron chi connectivity index (χ3n) is 3.84. The number of hydrogen-bond acceptors (Lipinski definition) is 3. The molecule has 0 bridgehead atoms. The van der Waals surface area contributed by atoms with E-state index in [1.165, 1.54) is 12.8 Å². The second-order valence-corrected chi connectivity index (χ2v) is 5.16. The Kier molecular flexibility index (Phi) is 2.66. The van der Waals surface area contributed by atoms with Gasteiger partial charge < -0.3 is 4.90 Å². The van der Waals surface area contributed by atoms with Crippen molar-refractivity contribution in [2.75, 3.05) is 18.0 Å². The maximum absolute atomic E-state index is 4.71. The molecule has 20 heavy (non-hydrogen) atoms. The SMILES string of the molecule is c1ccc(-c2cc(N3CCCC3)n3nccc3n2)cc1. The van der Waals surface area contributed by atoms with Gasteiger partial charge >= 0.3 is 0 Å². The van der Waals surface area contributed by atoms with Crippen molar-refractivity contribution in [3.05, 3.63) is 48.7 Å². The van der Waals surface area contributed by atoms with Gasteiger partial charge in [0.05, 0.1) is 11.9 Å². The van der Waals surface area contributed by atoms with Gasteiger partial charge in [0.2, 0.25) is 0 Å². The molecule has 0 aliphatic carbocycles. The molecule has 1 fully saturated rings. The number of hydrogen-bond donors (Lipinski definition) is 0. The van der Waals surface area contributed by atoms with Crippen LogP contribution in [0.4, 0.5) is 5.82 Å². The summed E-state index contributed by atoms with van der Waals surface area (Å²) >= 11 is 0. The predicted octanol–water partition coefficient (Wildman–Crippen LogP) is 3.00. The molecule has 4 rings (SSSR count). The van der Waals surface area contributed by atoms with Crippen molar-refractivity contribution in [2.45, 2.75) is 12.8 Å². The second kappa shape index (κ2) is 4.63. The molecule has 1 aliphatic heterocycles. The summed E-state index contributed by atoms with van der Waals surface area (Å²) in [6, 6.07) is 14.4. The van der Waals surface area contributed by atoms with Gasteiger partial charge in [0.15, 0.2) is 5.65 Å². The van der Waals surface area contributed by atoms with E-state index in [1.807, 2.05) is 35.0 Å². The van der Waals surface area contributed by atoms with E-state index in [-0.39, 0.29) is 0 Å². The first-order chi connectivity index (χ1) is 9.92. The van der Waals surface area contributed by atoms with E-state index < -0.39 is 0 Å². The van der Waals surface area contributed by atoms with Gasteiger partial charge in [-0.15, -0.1) is 0 Å². The number of rotatable bonds is 2. The molecule has 100 valence electrons. The molecule has 3 heterocycles. The van der Waals surface area contributed by atoms with Crippen LogP contribution in [-0.4, -0.2) is 27.7 Å². The van der Waals surface area contributed by atoms with Gasteiger partial charge in [-0.1, -0.05) is 30.3 Å². The monoisotopic (exact) mass is 264 g/mol. The van der Waals surface area contributed by atoms with E-state index in [9.17, 15) is 0 Å². The van der Waals surface area contributed by atoms with Crippen LogP contribution in [0.5, 0.6) is 0 Å². The lowest BCUT2D eigenvalue weighted by Crippen LogP contribution is -2.21. The van der Waals surface area contributed by atoms with Gasteiger partial charge in [-0.05, 0) is 12.8 Å². The van der Waals surface area contributed by atoms with E-state index in [0.717, 1.165) is 35.8 Å². The third-order valence-corrected chi connectivity index (χ3v) is 3.84. The Hall–Kier alpha value is -2.36. The van der Waals surface area contributed by atoms with Crippen molar-refractivity contribution in [3.63, 3.8) is 0 Å². The van der Waals surface area contributed by atoms with Crippen molar-refractivity contribution >= 4 is 11.5 Å². The standard InChI is InChI=1S/C16H16N4/c1-2-6-13(7-3-1)14-12-16(19-10-4-5-11-19)20-15(18-14)8-9-17-20/h1-3,6-9,12H,4-5,10-11H2. The van der Waals surface area contributed by atoms with Gasteiger partial charge in [0, 0.05) is 30.8 Å². The zero-order chi connectivity index (χ0) is 13.4. The van der Waals surface area contributed by atoms with Crippen LogP contribution in [0.2, 0.25) is 0 Å². The Morgan fingerprint density at radius 1 is 0.950 bits per heavy atom. The summed E-state index contributed by atoms with van der Waals surface area (Å²) in [5, 5.41) is 4.41. The molecule has 0 amide bonds. The van der Waals surface area contributed by atoms with Crippen molar-refractivity contribution in [2.24, 2.45) is 0 Å². The van der Waals surface area contributed by atoms with Crippen molar-refractivity contribution in [3.8, 4) is 11.3 Å². The maximum Gasteiger partial charge on any atom is 0.157 e. The highest BCUT2D eigenvalue weighted by molar-refractivity contribution is 5.66. The number of fused-ring (bicyclic) bond motifs is 1. The van der Waals surface area contributed by atoms with Gasteiger partial charge in [-0.2, -0.15) is 9.61 Å². The average Bonchev–Trinajstić information content (AvgIpc) is 3.18. The highest BCUT2D eigenvalue weighted by Crippen LogP contribution is 2.26. The molecule has 4 nitrogen and oxygen atoms in total. The second-order valence-electron chi connectivity index (χ2n) is 5.16. The zero-order valence-corrected chi connectivity index (χ0v) is 11.2. The van der Waals surface area contributed by atoms with Gasteiger partial charge in [0.1, 0.15) is 5.82 Å². The van der Waals surface area contributed by atoms with Crippen LogP contribution in [0.1, 0.15) is 12.8 Å². The summed E-state index contributed by atoms with van der Waals surface area (Å²) in [5.74, 6) is 1.15. The highest BCUT2D eigenvalue weighted by atomic mass is 15.3. The molecule has 0 radical (unpaired) electrons. The van der Waals surface area contributed by atoms with Crippen LogP contribution in [0, 0.1) is 0 Å².